The molecule has 1 unspecified atom stereocenters. The molecule has 1 rings (SSSR count). The van der Waals surface area contributed by atoms with E-state index < -0.39 is 32.0 Å². The Morgan fingerprint density at radius 3 is 1.88 bits per heavy atom. The number of amides is 1. The summed E-state index contributed by atoms with van der Waals surface area (Å²) in [5, 5.41) is 2.72. The van der Waals surface area contributed by atoms with Crippen LogP contribution in [-0.2, 0) is 25.3 Å². The number of ether oxygens (including phenoxy) is 2. The summed E-state index contributed by atoms with van der Waals surface area (Å²) in [5.74, 6) is -0.470. The maximum atomic E-state index is 12.9. The predicted molar refractivity (Wildman–Crippen MR) is 140 cm³/mol. The lowest BCUT2D eigenvalue weighted by molar-refractivity contribution is -0.147. The average molecular weight is 494 g/mol. The van der Waals surface area contributed by atoms with E-state index in [4.69, 9.17) is 13.9 Å². The zero-order valence-electron chi connectivity index (χ0n) is 22.9. The molecular formula is C27H47NO5Si. The van der Waals surface area contributed by atoms with Gasteiger partial charge in [0, 0.05) is 6.10 Å². The minimum absolute atomic E-state index is 0.0382. The first-order valence-corrected chi connectivity index (χ1v) is 14.7. The van der Waals surface area contributed by atoms with Gasteiger partial charge in [-0.05, 0) is 62.7 Å². The lowest BCUT2D eigenvalue weighted by Gasteiger charge is -2.44. The van der Waals surface area contributed by atoms with Crippen LogP contribution in [0.5, 0.6) is 0 Å². The van der Waals surface area contributed by atoms with Crippen molar-refractivity contribution in [3.05, 3.63) is 35.9 Å². The van der Waals surface area contributed by atoms with E-state index in [-0.39, 0.29) is 12.7 Å². The highest BCUT2D eigenvalue weighted by Gasteiger charge is 2.46. The number of alkyl carbamates (subject to hydrolysis) is 1. The second kappa shape index (κ2) is 13.3. The number of hydrogen-bond donors (Lipinski definition) is 1. The summed E-state index contributed by atoms with van der Waals surface area (Å²) < 4.78 is 17.7. The Morgan fingerprint density at radius 2 is 1.41 bits per heavy atom. The van der Waals surface area contributed by atoms with Crippen LogP contribution in [0.15, 0.2) is 30.3 Å². The summed E-state index contributed by atoms with van der Waals surface area (Å²) in [5.41, 5.74) is 1.66. The largest absolute Gasteiger partial charge is 0.459 e. The topological polar surface area (TPSA) is 73.9 Å². The zero-order valence-corrected chi connectivity index (χ0v) is 23.9. The molecule has 194 valence electrons. The van der Waals surface area contributed by atoms with Gasteiger partial charge in [0.25, 0.3) is 0 Å². The van der Waals surface area contributed by atoms with Crippen LogP contribution in [-0.4, -0.2) is 38.1 Å². The van der Waals surface area contributed by atoms with Crippen molar-refractivity contribution in [1.82, 2.24) is 5.32 Å². The Balaban J connectivity index is 2.90. The SMILES string of the molecule is CC(CC[C@H](NC(=O)OC(C)(C)C)C(=O)OCc1ccccc1)O[Si](C(C)C)(C(C)C)C(C)C. The number of carbonyl (C=O) groups is 2. The Hall–Kier alpha value is -1.86. The van der Waals surface area contributed by atoms with Gasteiger partial charge in [-0.2, -0.15) is 0 Å². The molecule has 6 nitrogen and oxygen atoms in total. The van der Waals surface area contributed by atoms with Crippen molar-refractivity contribution in [3.63, 3.8) is 0 Å². The van der Waals surface area contributed by atoms with Crippen LogP contribution in [0.2, 0.25) is 16.6 Å². The van der Waals surface area contributed by atoms with Crippen molar-refractivity contribution in [2.75, 3.05) is 0 Å². The molecule has 2 atom stereocenters. The van der Waals surface area contributed by atoms with Crippen LogP contribution in [0.1, 0.15) is 87.6 Å². The monoisotopic (exact) mass is 493 g/mol. The van der Waals surface area contributed by atoms with Crippen LogP contribution in [0.3, 0.4) is 0 Å². The van der Waals surface area contributed by atoms with Gasteiger partial charge in [-0.1, -0.05) is 71.9 Å². The quantitative estimate of drug-likeness (QED) is 0.251. The van der Waals surface area contributed by atoms with Crippen molar-refractivity contribution in [3.8, 4) is 0 Å². The van der Waals surface area contributed by atoms with E-state index in [1.165, 1.54) is 0 Å². The molecule has 0 spiro atoms. The fourth-order valence-electron chi connectivity index (χ4n) is 4.75. The predicted octanol–water partition coefficient (Wildman–Crippen LogP) is 6.98. The Bertz CT molecular complexity index is 736. The van der Waals surface area contributed by atoms with Crippen molar-refractivity contribution in [1.29, 1.82) is 0 Å². The molecule has 0 saturated carbocycles. The molecule has 0 aliphatic carbocycles. The molecule has 1 aromatic rings. The first kappa shape index (κ1) is 30.2. The highest BCUT2D eigenvalue weighted by atomic mass is 28.4. The molecule has 34 heavy (non-hydrogen) atoms. The number of esters is 1. The number of hydrogen-bond acceptors (Lipinski definition) is 5. The third-order valence-corrected chi connectivity index (χ3v) is 12.4. The number of rotatable bonds is 12. The molecule has 7 heteroatoms. The summed E-state index contributed by atoms with van der Waals surface area (Å²) in [7, 11) is -2.04. The molecule has 0 radical (unpaired) electrons. The molecule has 0 aliphatic heterocycles. The van der Waals surface area contributed by atoms with Crippen LogP contribution in [0.25, 0.3) is 0 Å². The van der Waals surface area contributed by atoms with Gasteiger partial charge in [-0.3, -0.25) is 0 Å². The molecule has 0 aliphatic rings. The Kier molecular flexibility index (Phi) is 11.8. The fourth-order valence-corrected chi connectivity index (χ4v) is 10.4. The Labute approximate surface area is 208 Å². The molecule has 0 heterocycles. The van der Waals surface area contributed by atoms with Gasteiger partial charge in [-0.25, -0.2) is 9.59 Å². The van der Waals surface area contributed by atoms with Crippen molar-refractivity contribution < 1.29 is 23.5 Å². The number of carbonyl (C=O) groups excluding carboxylic acids is 2. The highest BCUT2D eigenvalue weighted by molar-refractivity contribution is 6.77. The van der Waals surface area contributed by atoms with Gasteiger partial charge in [0.15, 0.2) is 0 Å². The van der Waals surface area contributed by atoms with E-state index >= 15 is 0 Å². The fraction of sp³-hybridized carbons (Fsp3) is 0.704. The van der Waals surface area contributed by atoms with Gasteiger partial charge in [0.2, 0.25) is 8.32 Å². The van der Waals surface area contributed by atoms with E-state index in [1.54, 1.807) is 20.8 Å². The zero-order chi connectivity index (χ0) is 26.1. The second-order valence-electron chi connectivity index (χ2n) is 11.1. The van der Waals surface area contributed by atoms with Crippen LogP contribution >= 0.6 is 0 Å². The van der Waals surface area contributed by atoms with Gasteiger partial charge in [-0.15, -0.1) is 0 Å². The molecule has 0 aromatic heterocycles. The summed E-state index contributed by atoms with van der Waals surface area (Å²) in [6, 6.07) is 8.69. The minimum atomic E-state index is -2.04. The second-order valence-corrected chi connectivity index (χ2v) is 16.5. The van der Waals surface area contributed by atoms with E-state index in [2.05, 4.69) is 53.8 Å². The molecule has 1 aromatic carbocycles. The van der Waals surface area contributed by atoms with E-state index in [9.17, 15) is 9.59 Å². The van der Waals surface area contributed by atoms with Gasteiger partial charge < -0.3 is 19.2 Å². The minimum Gasteiger partial charge on any atom is -0.459 e. The molecule has 0 fully saturated rings. The lowest BCUT2D eigenvalue weighted by Crippen LogP contribution is -2.50. The number of nitrogens with one attached hydrogen (secondary N) is 1. The lowest BCUT2D eigenvalue weighted by atomic mass is 10.1. The van der Waals surface area contributed by atoms with E-state index in [0.29, 0.717) is 29.5 Å². The molecular weight excluding hydrogens is 446 g/mol. The first-order valence-electron chi connectivity index (χ1n) is 12.6. The Morgan fingerprint density at radius 1 is 0.882 bits per heavy atom. The maximum absolute atomic E-state index is 12.9. The maximum Gasteiger partial charge on any atom is 0.408 e. The van der Waals surface area contributed by atoms with Gasteiger partial charge in [0.1, 0.15) is 18.2 Å². The van der Waals surface area contributed by atoms with E-state index in [1.807, 2.05) is 30.3 Å². The molecule has 1 amide bonds. The van der Waals surface area contributed by atoms with Crippen molar-refractivity contribution in [2.24, 2.45) is 0 Å². The molecule has 1 N–H and O–H groups in total. The standard InChI is InChI=1S/C27H47NO5Si/c1-19(2)34(20(3)4,21(5)6)33-22(7)16-17-24(28-26(30)32-27(8,9)10)25(29)31-18-23-14-12-11-13-15-23/h11-15,19-22,24H,16-18H2,1-10H3,(H,28,30)/t22?,24-/m0/s1. The third kappa shape index (κ3) is 9.41. The molecule has 0 bridgehead atoms. The summed E-state index contributed by atoms with van der Waals surface area (Å²) in [6.07, 6.45) is 0.371. The molecule has 0 saturated heterocycles. The van der Waals surface area contributed by atoms with Crippen molar-refractivity contribution in [2.45, 2.75) is 123 Å². The van der Waals surface area contributed by atoms with Crippen LogP contribution < -0.4 is 5.32 Å². The van der Waals surface area contributed by atoms with Crippen molar-refractivity contribution >= 4 is 20.4 Å². The van der Waals surface area contributed by atoms with Crippen LogP contribution in [0, 0.1) is 0 Å². The third-order valence-electron chi connectivity index (χ3n) is 6.17. The first-order chi connectivity index (χ1) is 15.7. The average Bonchev–Trinajstić information content (AvgIpc) is 2.71. The van der Waals surface area contributed by atoms with Crippen LogP contribution in [0.4, 0.5) is 4.79 Å². The summed E-state index contributed by atoms with van der Waals surface area (Å²) >= 11 is 0. The smallest absolute Gasteiger partial charge is 0.408 e. The summed E-state index contributed by atoms with van der Waals surface area (Å²) in [6.45, 7) is 21.1. The number of benzene rings is 1. The van der Waals surface area contributed by atoms with Gasteiger partial charge in [0.05, 0.1) is 0 Å². The normalized spacial score (nSPS) is 14.3. The highest BCUT2D eigenvalue weighted by Crippen LogP contribution is 2.43. The van der Waals surface area contributed by atoms with E-state index in [0.717, 1.165) is 5.56 Å². The van der Waals surface area contributed by atoms with Gasteiger partial charge >= 0.3 is 12.1 Å². The summed E-state index contributed by atoms with van der Waals surface area (Å²) in [4.78, 5) is 25.3.